The molecule has 0 N–H and O–H groups in total. The molecule has 0 radical (unpaired) electrons. The van der Waals surface area contributed by atoms with E-state index in [1.165, 1.54) is 0 Å². The Morgan fingerprint density at radius 3 is 0.600 bits per heavy atom. The zero-order valence-electron chi connectivity index (χ0n) is 6.81. The van der Waals surface area contributed by atoms with Crippen molar-refractivity contribution in [2.45, 2.75) is 0 Å². The van der Waals surface area contributed by atoms with Crippen LogP contribution in [0.15, 0.2) is 64.8 Å². The molecule has 0 aromatic heterocycles. The third kappa shape index (κ3) is 2420. The summed E-state index contributed by atoms with van der Waals surface area (Å²) in [6.07, 6.45) is 3.28. The molecule has 0 amide bonds. The first kappa shape index (κ1) is 23.4. The summed E-state index contributed by atoms with van der Waals surface area (Å²) < 4.78 is 0. The molecule has 0 aliphatic heterocycles. The molecule has 0 unspecified atom stereocenters. The quantitative estimate of drug-likeness (QED) is 0.382. The first-order chi connectivity index (χ1) is 4.91. The van der Waals surface area contributed by atoms with Crippen molar-refractivity contribution >= 4 is 0 Å². The molecule has 0 aliphatic rings. The maximum absolute atomic E-state index is 3.36. The number of allylic oxidation sites excluding steroid dienone is 2. The number of hydrogen-bond donors (Lipinski definition) is 0. The van der Waals surface area contributed by atoms with Gasteiger partial charge in [-0.05, 0) is 0 Å². The average molecular weight is 138 g/mol. The Labute approximate surface area is 65.6 Å². The van der Waals surface area contributed by atoms with Crippen molar-refractivity contribution in [3.05, 3.63) is 64.8 Å². The second kappa shape index (κ2) is 705. The topological polar surface area (TPSA) is 0 Å². The summed E-state index contributed by atoms with van der Waals surface area (Å²) in [7, 11) is 0. The molecule has 0 spiro atoms. The standard InChI is InChI=1S/C4H6.3C2H4/c1-3-4-2;3*1-2/h3-4H,1-2H2;3*1-2H2. The SMILES string of the molecule is C=C.C=C.C=C.C=CC=C. The second-order valence-corrected chi connectivity index (χ2v) is 0.471. The molecule has 0 saturated carbocycles. The van der Waals surface area contributed by atoms with Crippen molar-refractivity contribution in [2.24, 2.45) is 0 Å². The summed E-state index contributed by atoms with van der Waals surface area (Å²) in [6.45, 7) is 24.7. The molecule has 0 fully saturated rings. The van der Waals surface area contributed by atoms with Gasteiger partial charge >= 0.3 is 0 Å². The minimum Gasteiger partial charge on any atom is -0.106 e. The van der Waals surface area contributed by atoms with Crippen LogP contribution in [-0.2, 0) is 0 Å². The molecule has 0 heteroatoms. The molecule has 58 valence electrons. The van der Waals surface area contributed by atoms with Crippen molar-refractivity contribution in [1.82, 2.24) is 0 Å². The van der Waals surface area contributed by atoms with Crippen LogP contribution in [0.2, 0.25) is 0 Å². The first-order valence-corrected chi connectivity index (χ1v) is 2.65. The Kier molecular flexibility index (Phi) is 1650. The third-order valence-corrected chi connectivity index (χ3v) is 0.167. The van der Waals surface area contributed by atoms with Crippen LogP contribution in [-0.4, -0.2) is 0 Å². The van der Waals surface area contributed by atoms with E-state index in [9.17, 15) is 0 Å². The molecule has 0 bridgehead atoms. The van der Waals surface area contributed by atoms with Crippen molar-refractivity contribution in [1.29, 1.82) is 0 Å². The van der Waals surface area contributed by atoms with Crippen molar-refractivity contribution < 1.29 is 0 Å². The Balaban J connectivity index is -0.0000000262. The van der Waals surface area contributed by atoms with Crippen LogP contribution in [0.5, 0.6) is 0 Å². The van der Waals surface area contributed by atoms with E-state index in [1.54, 1.807) is 12.2 Å². The molecule has 0 nitrogen and oxygen atoms in total. The molecule has 0 aliphatic carbocycles. The summed E-state index contributed by atoms with van der Waals surface area (Å²) in [6, 6.07) is 0. The van der Waals surface area contributed by atoms with E-state index < -0.39 is 0 Å². The fraction of sp³-hybridized carbons (Fsp3) is 0. The highest BCUT2D eigenvalue weighted by atomic mass is 13.4. The fourth-order valence-corrected chi connectivity index (χ4v) is 0. The lowest BCUT2D eigenvalue weighted by Crippen LogP contribution is -1.21. The molecule has 0 atom stereocenters. The van der Waals surface area contributed by atoms with Crippen LogP contribution in [0, 0.1) is 0 Å². The van der Waals surface area contributed by atoms with Crippen LogP contribution in [0.25, 0.3) is 0 Å². The van der Waals surface area contributed by atoms with Gasteiger partial charge < -0.3 is 0 Å². The van der Waals surface area contributed by atoms with Crippen LogP contribution in [0.4, 0.5) is 0 Å². The molecular weight excluding hydrogens is 120 g/mol. The first-order valence-electron chi connectivity index (χ1n) is 2.65. The Hall–Kier alpha value is -1.30. The van der Waals surface area contributed by atoms with E-state index in [0.717, 1.165) is 0 Å². The van der Waals surface area contributed by atoms with Gasteiger partial charge in [0.25, 0.3) is 0 Å². The Morgan fingerprint density at radius 2 is 0.600 bits per heavy atom. The van der Waals surface area contributed by atoms with Gasteiger partial charge in [-0.15, -0.1) is 39.5 Å². The normalized spacial score (nSPS) is 3.20. The minimum absolute atomic E-state index is 1.64. The van der Waals surface area contributed by atoms with Crippen LogP contribution >= 0.6 is 0 Å². The largest absolute Gasteiger partial charge is 0.106 e. The van der Waals surface area contributed by atoms with Crippen LogP contribution < -0.4 is 0 Å². The van der Waals surface area contributed by atoms with Gasteiger partial charge in [0.15, 0.2) is 0 Å². The molecule has 0 saturated heterocycles. The lowest BCUT2D eigenvalue weighted by atomic mass is 10.6. The Bertz CT molecular complexity index is 42.3. The lowest BCUT2D eigenvalue weighted by Gasteiger charge is -1.44. The Morgan fingerprint density at radius 1 is 0.500 bits per heavy atom. The maximum atomic E-state index is 3.36. The maximum Gasteiger partial charge on any atom is -0.0701 e. The zero-order chi connectivity index (χ0) is 9.41. The second-order valence-electron chi connectivity index (χ2n) is 0.471. The predicted octanol–water partition coefficient (Wildman–Crippen LogP) is 3.77. The lowest BCUT2D eigenvalue weighted by molar-refractivity contribution is 2.15. The molecular formula is C10H18. The third-order valence-electron chi connectivity index (χ3n) is 0.167. The van der Waals surface area contributed by atoms with Gasteiger partial charge in [-0.25, -0.2) is 0 Å². The highest BCUT2D eigenvalue weighted by molar-refractivity contribution is 4.88. The minimum atomic E-state index is 1.64. The molecule has 0 aromatic carbocycles. The summed E-state index contributed by atoms with van der Waals surface area (Å²) in [5.41, 5.74) is 0. The monoisotopic (exact) mass is 138 g/mol. The molecule has 0 heterocycles. The van der Waals surface area contributed by atoms with Gasteiger partial charge in [-0.1, -0.05) is 25.3 Å². The average Bonchev–Trinajstić information content (AvgIpc) is 2.14. The van der Waals surface area contributed by atoms with E-state index in [0.29, 0.717) is 0 Å². The highest BCUT2D eigenvalue weighted by Crippen LogP contribution is 1.52. The van der Waals surface area contributed by atoms with Gasteiger partial charge in [0, 0.05) is 0 Å². The van der Waals surface area contributed by atoms with E-state index in [-0.39, 0.29) is 0 Å². The van der Waals surface area contributed by atoms with E-state index in [2.05, 4.69) is 52.6 Å². The van der Waals surface area contributed by atoms with Crippen molar-refractivity contribution in [2.75, 3.05) is 0 Å². The summed E-state index contributed by atoms with van der Waals surface area (Å²) in [5.74, 6) is 0. The van der Waals surface area contributed by atoms with E-state index >= 15 is 0 Å². The van der Waals surface area contributed by atoms with Gasteiger partial charge in [-0.2, -0.15) is 0 Å². The van der Waals surface area contributed by atoms with Gasteiger partial charge in [0.05, 0.1) is 0 Å². The van der Waals surface area contributed by atoms with E-state index in [1.807, 2.05) is 0 Å². The van der Waals surface area contributed by atoms with Gasteiger partial charge in [0.1, 0.15) is 0 Å². The summed E-state index contributed by atoms with van der Waals surface area (Å²) in [4.78, 5) is 0. The van der Waals surface area contributed by atoms with Crippen LogP contribution in [0.1, 0.15) is 0 Å². The number of hydrogen-bond acceptors (Lipinski definition) is 0. The van der Waals surface area contributed by atoms with Crippen molar-refractivity contribution in [3.63, 3.8) is 0 Å². The van der Waals surface area contributed by atoms with Crippen molar-refractivity contribution in [3.8, 4) is 0 Å². The predicted molar refractivity (Wildman–Crippen MR) is 54.2 cm³/mol. The molecule has 0 rings (SSSR count). The smallest absolute Gasteiger partial charge is 0.0701 e. The summed E-state index contributed by atoms with van der Waals surface area (Å²) in [5, 5.41) is 0. The highest BCUT2D eigenvalue weighted by Gasteiger charge is 1.29. The van der Waals surface area contributed by atoms with Crippen LogP contribution in [0.3, 0.4) is 0 Å². The zero-order valence-corrected chi connectivity index (χ0v) is 6.81. The summed E-state index contributed by atoms with van der Waals surface area (Å²) >= 11 is 0. The molecule has 10 heavy (non-hydrogen) atoms. The number of rotatable bonds is 1. The van der Waals surface area contributed by atoms with Gasteiger partial charge in [-0.3, -0.25) is 0 Å². The fourth-order valence-electron chi connectivity index (χ4n) is 0. The van der Waals surface area contributed by atoms with Gasteiger partial charge in [0.2, 0.25) is 0 Å². The van der Waals surface area contributed by atoms with E-state index in [4.69, 9.17) is 0 Å². The molecule has 0 aromatic rings.